The number of nitrogens with two attached hydrogens (primary N) is 1. The molecule has 0 aliphatic heterocycles. The lowest BCUT2D eigenvalue weighted by Crippen LogP contribution is -2.19. The zero-order valence-electron chi connectivity index (χ0n) is 17.7. The Bertz CT molecular complexity index is 935. The summed E-state index contributed by atoms with van der Waals surface area (Å²) in [4.78, 5) is 36.6. The van der Waals surface area contributed by atoms with Crippen LogP contribution in [0.25, 0.3) is 0 Å². The van der Waals surface area contributed by atoms with E-state index in [0.717, 1.165) is 0 Å². The lowest BCUT2D eigenvalue weighted by molar-refractivity contribution is 0.0974. The maximum absolute atomic E-state index is 12.9. The third-order valence-electron chi connectivity index (χ3n) is 4.08. The number of primary amides is 1. The van der Waals surface area contributed by atoms with E-state index in [9.17, 15) is 14.4 Å². The van der Waals surface area contributed by atoms with Crippen molar-refractivity contribution in [3.63, 3.8) is 0 Å². The number of hydrogen-bond acceptors (Lipinski definition) is 7. The number of ketones is 1. The van der Waals surface area contributed by atoms with Crippen molar-refractivity contribution in [2.24, 2.45) is 5.73 Å². The first-order valence-corrected chi connectivity index (χ1v) is 9.56. The molecule has 0 radical (unpaired) electrons. The first kappa shape index (κ1) is 22.8. The standard InChI is InChI=1S/C21H26N2O7/c1-6-27-14-9-13(10-15(28-7-2)18(14)29-8-3)20(26)23-21-17(19(22)25)16(11(4)24)12(5)30-21/h9-10H,6-8H2,1-5H3,(H2,22,25)(H,23,26). The Morgan fingerprint density at radius 2 is 1.50 bits per heavy atom. The fraction of sp³-hybridized carbons (Fsp3) is 0.381. The van der Waals surface area contributed by atoms with Crippen LogP contribution in [0.4, 0.5) is 5.88 Å². The van der Waals surface area contributed by atoms with Crippen LogP contribution in [0.3, 0.4) is 0 Å². The molecule has 2 amide bonds. The van der Waals surface area contributed by atoms with Gasteiger partial charge in [-0.3, -0.25) is 19.7 Å². The van der Waals surface area contributed by atoms with E-state index < -0.39 is 17.6 Å². The molecule has 0 bridgehead atoms. The third kappa shape index (κ3) is 4.73. The molecule has 0 aliphatic carbocycles. The van der Waals surface area contributed by atoms with Gasteiger partial charge in [0, 0.05) is 5.56 Å². The van der Waals surface area contributed by atoms with Gasteiger partial charge >= 0.3 is 0 Å². The molecule has 2 rings (SSSR count). The molecule has 0 atom stereocenters. The highest BCUT2D eigenvalue weighted by molar-refractivity contribution is 6.13. The summed E-state index contributed by atoms with van der Waals surface area (Å²) in [5, 5.41) is 2.50. The predicted molar refractivity (Wildman–Crippen MR) is 110 cm³/mol. The van der Waals surface area contributed by atoms with E-state index >= 15 is 0 Å². The smallest absolute Gasteiger partial charge is 0.258 e. The van der Waals surface area contributed by atoms with Crippen LogP contribution < -0.4 is 25.3 Å². The van der Waals surface area contributed by atoms with Gasteiger partial charge in [-0.1, -0.05) is 0 Å². The number of ether oxygens (including phenoxy) is 3. The Morgan fingerprint density at radius 3 is 1.93 bits per heavy atom. The van der Waals surface area contributed by atoms with Gasteiger partial charge in [0.15, 0.2) is 17.3 Å². The van der Waals surface area contributed by atoms with Gasteiger partial charge in [-0.2, -0.15) is 0 Å². The lowest BCUT2D eigenvalue weighted by atomic mass is 10.1. The van der Waals surface area contributed by atoms with Crippen molar-refractivity contribution in [3.05, 3.63) is 34.6 Å². The highest BCUT2D eigenvalue weighted by Crippen LogP contribution is 2.39. The maximum atomic E-state index is 12.9. The minimum atomic E-state index is -0.885. The zero-order valence-corrected chi connectivity index (χ0v) is 17.7. The van der Waals surface area contributed by atoms with E-state index in [1.807, 2.05) is 6.92 Å². The van der Waals surface area contributed by atoms with Crippen molar-refractivity contribution in [3.8, 4) is 17.2 Å². The second-order valence-electron chi connectivity index (χ2n) is 6.21. The lowest BCUT2D eigenvalue weighted by Gasteiger charge is -2.17. The van der Waals surface area contributed by atoms with Gasteiger partial charge in [0.25, 0.3) is 11.8 Å². The molecule has 1 aromatic carbocycles. The molecule has 9 nitrogen and oxygen atoms in total. The van der Waals surface area contributed by atoms with Gasteiger partial charge in [-0.25, -0.2) is 0 Å². The number of amides is 2. The van der Waals surface area contributed by atoms with E-state index in [-0.39, 0.29) is 28.3 Å². The van der Waals surface area contributed by atoms with E-state index in [0.29, 0.717) is 37.1 Å². The molecule has 0 unspecified atom stereocenters. The molecule has 30 heavy (non-hydrogen) atoms. The van der Waals surface area contributed by atoms with Gasteiger partial charge in [0.2, 0.25) is 11.6 Å². The molecule has 1 aromatic heterocycles. The number of furan rings is 1. The second kappa shape index (κ2) is 9.82. The number of anilines is 1. The van der Waals surface area contributed by atoms with Gasteiger partial charge in [-0.15, -0.1) is 0 Å². The average molecular weight is 418 g/mol. The monoisotopic (exact) mass is 418 g/mol. The van der Waals surface area contributed by atoms with Crippen molar-refractivity contribution in [1.29, 1.82) is 0 Å². The van der Waals surface area contributed by atoms with Crippen LogP contribution >= 0.6 is 0 Å². The minimum Gasteiger partial charge on any atom is -0.490 e. The number of Topliss-reactive ketones (excluding diaryl/α,β-unsaturated/α-hetero) is 1. The molecule has 0 saturated heterocycles. The number of aryl methyl sites for hydroxylation is 1. The molecule has 0 saturated carbocycles. The van der Waals surface area contributed by atoms with Crippen LogP contribution in [0.5, 0.6) is 17.2 Å². The number of benzene rings is 1. The van der Waals surface area contributed by atoms with Crippen molar-refractivity contribution in [1.82, 2.24) is 0 Å². The third-order valence-corrected chi connectivity index (χ3v) is 4.08. The van der Waals surface area contributed by atoms with Gasteiger partial charge in [0.05, 0.1) is 25.4 Å². The summed E-state index contributed by atoms with van der Waals surface area (Å²) in [5.74, 6) is -0.831. The topological polar surface area (TPSA) is 130 Å². The van der Waals surface area contributed by atoms with E-state index in [4.69, 9.17) is 24.4 Å². The molecule has 1 heterocycles. The normalized spacial score (nSPS) is 10.4. The van der Waals surface area contributed by atoms with Gasteiger partial charge < -0.3 is 24.4 Å². The second-order valence-corrected chi connectivity index (χ2v) is 6.21. The summed E-state index contributed by atoms with van der Waals surface area (Å²) in [6.07, 6.45) is 0. The molecule has 2 aromatic rings. The quantitative estimate of drug-likeness (QED) is 0.566. The highest BCUT2D eigenvalue weighted by Gasteiger charge is 2.27. The van der Waals surface area contributed by atoms with Crippen molar-refractivity contribution in [2.45, 2.75) is 34.6 Å². The molecular formula is C21H26N2O7. The first-order valence-electron chi connectivity index (χ1n) is 9.56. The molecule has 0 aliphatic rings. The fourth-order valence-corrected chi connectivity index (χ4v) is 2.99. The molecular weight excluding hydrogens is 392 g/mol. The average Bonchev–Trinajstić information content (AvgIpc) is 3.00. The van der Waals surface area contributed by atoms with Crippen LogP contribution in [0.2, 0.25) is 0 Å². The zero-order chi connectivity index (χ0) is 22.4. The number of carbonyl (C=O) groups is 3. The number of nitrogens with one attached hydrogen (secondary N) is 1. The van der Waals surface area contributed by atoms with Crippen molar-refractivity contribution < 1.29 is 33.0 Å². The SMILES string of the molecule is CCOc1cc(C(=O)Nc2oc(C)c(C(C)=O)c2C(N)=O)cc(OCC)c1OCC. The summed E-state index contributed by atoms with van der Waals surface area (Å²) in [5.41, 5.74) is 5.45. The Morgan fingerprint density at radius 1 is 0.967 bits per heavy atom. The van der Waals surface area contributed by atoms with Crippen molar-refractivity contribution >= 4 is 23.5 Å². The van der Waals surface area contributed by atoms with Crippen molar-refractivity contribution in [2.75, 3.05) is 25.1 Å². The van der Waals surface area contributed by atoms with Gasteiger partial charge in [-0.05, 0) is 46.8 Å². The van der Waals surface area contributed by atoms with Gasteiger partial charge in [0.1, 0.15) is 11.3 Å². The van der Waals surface area contributed by atoms with Crippen LogP contribution in [-0.2, 0) is 0 Å². The molecule has 0 fully saturated rings. The number of rotatable bonds is 10. The Kier molecular flexibility index (Phi) is 7.46. The van der Waals surface area contributed by atoms with E-state index in [1.165, 1.54) is 26.0 Å². The van der Waals surface area contributed by atoms with Crippen LogP contribution in [0, 0.1) is 6.92 Å². The Balaban J connectivity index is 2.50. The highest BCUT2D eigenvalue weighted by atomic mass is 16.5. The summed E-state index contributed by atoms with van der Waals surface area (Å²) >= 11 is 0. The summed E-state index contributed by atoms with van der Waals surface area (Å²) < 4.78 is 22.3. The molecule has 0 spiro atoms. The fourth-order valence-electron chi connectivity index (χ4n) is 2.99. The van der Waals surface area contributed by atoms with Crippen LogP contribution in [0.1, 0.15) is 64.5 Å². The summed E-state index contributed by atoms with van der Waals surface area (Å²) in [7, 11) is 0. The summed E-state index contributed by atoms with van der Waals surface area (Å²) in [6.45, 7) is 9.30. The summed E-state index contributed by atoms with van der Waals surface area (Å²) in [6, 6.07) is 3.00. The Labute approximate surface area is 174 Å². The van der Waals surface area contributed by atoms with E-state index in [1.54, 1.807) is 13.8 Å². The Hall–Kier alpha value is -3.49. The predicted octanol–water partition coefficient (Wildman–Crippen LogP) is 3.34. The minimum absolute atomic E-state index is 0.0366. The number of carbonyl (C=O) groups excluding carboxylic acids is 3. The molecule has 3 N–H and O–H groups in total. The number of hydrogen-bond donors (Lipinski definition) is 2. The van der Waals surface area contributed by atoms with E-state index in [2.05, 4.69) is 5.32 Å². The molecule has 9 heteroatoms. The maximum Gasteiger partial charge on any atom is 0.258 e. The first-order chi connectivity index (χ1) is 14.2. The molecule has 162 valence electrons. The van der Waals surface area contributed by atoms with Crippen LogP contribution in [-0.4, -0.2) is 37.4 Å². The largest absolute Gasteiger partial charge is 0.490 e. The van der Waals surface area contributed by atoms with Crippen LogP contribution in [0.15, 0.2) is 16.5 Å².